The van der Waals surface area contributed by atoms with Crippen LogP contribution in [-0.4, -0.2) is 47.0 Å². The van der Waals surface area contributed by atoms with Crippen molar-refractivity contribution in [1.82, 2.24) is 4.72 Å². The molecule has 0 aliphatic heterocycles. The van der Waals surface area contributed by atoms with Gasteiger partial charge >= 0.3 is 0 Å². The molecule has 4 N–H and O–H groups in total. The summed E-state index contributed by atoms with van der Waals surface area (Å²) in [4.78, 5) is -0.0302. The molecule has 1 aromatic rings. The summed E-state index contributed by atoms with van der Waals surface area (Å²) in [5, 5.41) is 8.92. The highest BCUT2D eigenvalue weighted by Crippen LogP contribution is 2.23. The van der Waals surface area contributed by atoms with E-state index in [1.807, 2.05) is 0 Å². The number of hydrogen-bond acceptors (Lipinski definition) is 6. The number of nitrogen functional groups attached to an aromatic ring is 1. The molecule has 0 aliphatic rings. The molecule has 0 radical (unpaired) electrons. The van der Waals surface area contributed by atoms with Crippen LogP contribution in [0.3, 0.4) is 0 Å². The van der Waals surface area contributed by atoms with Crippen LogP contribution in [-0.2, 0) is 14.8 Å². The van der Waals surface area contributed by atoms with E-state index in [4.69, 9.17) is 20.3 Å². The van der Waals surface area contributed by atoms with Gasteiger partial charge in [-0.2, -0.15) is 0 Å². The molecule has 20 heavy (non-hydrogen) atoms. The largest absolute Gasteiger partial charge is 0.497 e. The van der Waals surface area contributed by atoms with Crippen molar-refractivity contribution in [3.63, 3.8) is 0 Å². The molecule has 0 bridgehead atoms. The lowest BCUT2D eigenvalue weighted by Gasteiger charge is -2.18. The molecule has 7 nitrogen and oxygen atoms in total. The number of benzene rings is 1. The Hall–Kier alpha value is -1.35. The van der Waals surface area contributed by atoms with Crippen LogP contribution in [0.5, 0.6) is 5.75 Å². The molecule has 8 heteroatoms. The first kappa shape index (κ1) is 16.7. The van der Waals surface area contributed by atoms with Gasteiger partial charge in [0.25, 0.3) is 0 Å². The zero-order valence-electron chi connectivity index (χ0n) is 11.5. The minimum Gasteiger partial charge on any atom is -0.497 e. The molecule has 0 aromatic heterocycles. The van der Waals surface area contributed by atoms with Crippen molar-refractivity contribution in [2.24, 2.45) is 0 Å². The van der Waals surface area contributed by atoms with Crippen molar-refractivity contribution < 1.29 is 23.0 Å². The Morgan fingerprint density at radius 3 is 2.60 bits per heavy atom. The average molecular weight is 304 g/mol. The number of hydrogen-bond donors (Lipinski definition) is 3. The van der Waals surface area contributed by atoms with E-state index in [1.165, 1.54) is 32.4 Å². The molecule has 114 valence electrons. The van der Waals surface area contributed by atoms with Gasteiger partial charge in [0.2, 0.25) is 10.0 Å². The lowest BCUT2D eigenvalue weighted by molar-refractivity contribution is 0.158. The fourth-order valence-electron chi connectivity index (χ4n) is 1.71. The molecule has 0 heterocycles. The molecule has 1 atom stereocenters. The second kappa shape index (κ2) is 7.44. The summed E-state index contributed by atoms with van der Waals surface area (Å²) in [6.07, 6.45) is 0.253. The highest BCUT2D eigenvalue weighted by atomic mass is 32.2. The SMILES string of the molecule is COCC(CCO)NS(=O)(=O)c1ccc(OC)cc1N. The van der Waals surface area contributed by atoms with Gasteiger partial charge in [0.1, 0.15) is 10.6 Å². The summed E-state index contributed by atoms with van der Waals surface area (Å²) in [5.74, 6) is 0.477. The first-order valence-electron chi connectivity index (χ1n) is 6.00. The summed E-state index contributed by atoms with van der Waals surface area (Å²) >= 11 is 0. The van der Waals surface area contributed by atoms with Gasteiger partial charge in [0.15, 0.2) is 0 Å². The van der Waals surface area contributed by atoms with E-state index in [1.54, 1.807) is 0 Å². The molecule has 0 aliphatic carbocycles. The molecule has 0 spiro atoms. The van der Waals surface area contributed by atoms with E-state index in [9.17, 15) is 8.42 Å². The molecule has 0 amide bonds. The summed E-state index contributed by atoms with van der Waals surface area (Å²) < 4.78 is 36.8. The fourth-order valence-corrected chi connectivity index (χ4v) is 3.08. The summed E-state index contributed by atoms with van der Waals surface area (Å²) in [7, 11) is -0.853. The van der Waals surface area contributed by atoms with Crippen LogP contribution in [0.4, 0.5) is 5.69 Å². The predicted octanol–water partition coefficient (Wildman–Crippen LogP) is -0.0469. The third kappa shape index (κ3) is 4.34. The molecule has 0 fully saturated rings. The first-order chi connectivity index (χ1) is 9.44. The fraction of sp³-hybridized carbons (Fsp3) is 0.500. The number of aliphatic hydroxyl groups is 1. The number of nitrogens with one attached hydrogen (secondary N) is 1. The molecule has 1 unspecified atom stereocenters. The minimum atomic E-state index is -3.78. The number of nitrogens with two attached hydrogens (primary N) is 1. The van der Waals surface area contributed by atoms with E-state index < -0.39 is 16.1 Å². The maximum absolute atomic E-state index is 12.2. The quantitative estimate of drug-likeness (QED) is 0.581. The number of methoxy groups -OCH3 is 2. The summed E-state index contributed by atoms with van der Waals surface area (Å²) in [6.45, 7) is 0.0183. The average Bonchev–Trinajstić information content (AvgIpc) is 2.38. The van der Waals surface area contributed by atoms with E-state index in [2.05, 4.69) is 4.72 Å². The van der Waals surface area contributed by atoms with E-state index in [0.717, 1.165) is 0 Å². The zero-order chi connectivity index (χ0) is 15.2. The Labute approximate surface area is 118 Å². The maximum Gasteiger partial charge on any atom is 0.242 e. The molecule has 1 aromatic carbocycles. The van der Waals surface area contributed by atoms with Gasteiger partial charge in [0.05, 0.1) is 19.4 Å². The second-order valence-corrected chi connectivity index (χ2v) is 5.87. The first-order valence-corrected chi connectivity index (χ1v) is 7.48. The van der Waals surface area contributed by atoms with E-state index in [0.29, 0.717) is 5.75 Å². The molecule has 1 rings (SSSR count). The van der Waals surface area contributed by atoms with E-state index in [-0.39, 0.29) is 30.2 Å². The lowest BCUT2D eigenvalue weighted by atomic mass is 10.2. The molecule has 0 saturated heterocycles. The second-order valence-electron chi connectivity index (χ2n) is 4.19. The standard InChI is InChI=1S/C12H20N2O5S/c1-18-8-9(5-6-15)14-20(16,17)12-4-3-10(19-2)7-11(12)13/h3-4,7,9,14-15H,5-6,8,13H2,1-2H3. The van der Waals surface area contributed by atoms with Crippen LogP contribution in [0.2, 0.25) is 0 Å². The Morgan fingerprint density at radius 2 is 2.10 bits per heavy atom. The van der Waals surface area contributed by atoms with Gasteiger partial charge in [-0.3, -0.25) is 0 Å². The van der Waals surface area contributed by atoms with Crippen molar-refractivity contribution in [2.75, 3.05) is 33.2 Å². The van der Waals surface area contributed by atoms with Gasteiger partial charge < -0.3 is 20.3 Å². The number of sulfonamides is 1. The summed E-state index contributed by atoms with van der Waals surface area (Å²) in [5.41, 5.74) is 5.82. The Bertz CT molecular complexity index is 527. The van der Waals surface area contributed by atoms with Crippen LogP contribution >= 0.6 is 0 Å². The van der Waals surface area contributed by atoms with Crippen molar-refractivity contribution >= 4 is 15.7 Å². The molecular weight excluding hydrogens is 284 g/mol. The highest BCUT2D eigenvalue weighted by molar-refractivity contribution is 7.89. The van der Waals surface area contributed by atoms with Crippen molar-refractivity contribution in [2.45, 2.75) is 17.4 Å². The van der Waals surface area contributed by atoms with Gasteiger partial charge in [0, 0.05) is 25.8 Å². The third-order valence-electron chi connectivity index (χ3n) is 2.67. The van der Waals surface area contributed by atoms with Crippen molar-refractivity contribution in [3.8, 4) is 5.75 Å². The smallest absolute Gasteiger partial charge is 0.242 e. The Kier molecular flexibility index (Phi) is 6.21. The maximum atomic E-state index is 12.2. The van der Waals surface area contributed by atoms with Crippen LogP contribution < -0.4 is 15.2 Å². The van der Waals surface area contributed by atoms with Crippen LogP contribution in [0.15, 0.2) is 23.1 Å². The number of aliphatic hydroxyl groups excluding tert-OH is 1. The topological polar surface area (TPSA) is 111 Å². The van der Waals surface area contributed by atoms with Gasteiger partial charge in [-0.1, -0.05) is 0 Å². The van der Waals surface area contributed by atoms with Crippen molar-refractivity contribution in [3.05, 3.63) is 18.2 Å². The normalized spacial score (nSPS) is 13.2. The summed E-state index contributed by atoms with van der Waals surface area (Å²) in [6, 6.07) is 3.81. The van der Waals surface area contributed by atoms with Crippen molar-refractivity contribution in [1.29, 1.82) is 0 Å². The van der Waals surface area contributed by atoms with E-state index >= 15 is 0 Å². The monoisotopic (exact) mass is 304 g/mol. The highest BCUT2D eigenvalue weighted by Gasteiger charge is 2.22. The Balaban J connectivity index is 2.97. The number of ether oxygens (including phenoxy) is 2. The molecular formula is C12H20N2O5S. The number of anilines is 1. The van der Waals surface area contributed by atoms with Crippen LogP contribution in [0.25, 0.3) is 0 Å². The zero-order valence-corrected chi connectivity index (χ0v) is 12.3. The predicted molar refractivity (Wildman–Crippen MR) is 75.1 cm³/mol. The third-order valence-corrected chi connectivity index (χ3v) is 4.27. The molecule has 0 saturated carbocycles. The van der Waals surface area contributed by atoms with Crippen LogP contribution in [0.1, 0.15) is 6.42 Å². The Morgan fingerprint density at radius 1 is 1.40 bits per heavy atom. The van der Waals surface area contributed by atoms with Gasteiger partial charge in [-0.15, -0.1) is 0 Å². The van der Waals surface area contributed by atoms with Crippen LogP contribution in [0, 0.1) is 0 Å². The van der Waals surface area contributed by atoms with Gasteiger partial charge in [-0.25, -0.2) is 13.1 Å². The minimum absolute atomic E-state index is 0.0302. The lowest BCUT2D eigenvalue weighted by Crippen LogP contribution is -2.38. The van der Waals surface area contributed by atoms with Gasteiger partial charge in [-0.05, 0) is 18.6 Å². The number of rotatable bonds is 8.